The molecule has 0 saturated carbocycles. The fourth-order valence-corrected chi connectivity index (χ4v) is 4.27. The van der Waals surface area contributed by atoms with Crippen LogP contribution in [0.25, 0.3) is 11.1 Å². The molecule has 184 valence electrons. The zero-order chi connectivity index (χ0) is 25.8. The number of benzene rings is 3. The highest BCUT2D eigenvalue weighted by molar-refractivity contribution is 6.07. The Morgan fingerprint density at radius 1 is 0.917 bits per heavy atom. The summed E-state index contributed by atoms with van der Waals surface area (Å²) < 4.78 is 0. The van der Waals surface area contributed by atoms with Gasteiger partial charge in [-0.25, -0.2) is 5.01 Å². The molecule has 1 aliphatic heterocycles. The first kappa shape index (κ1) is 24.7. The van der Waals surface area contributed by atoms with Crippen molar-refractivity contribution in [1.29, 1.82) is 0 Å². The number of carbonyl (C=O) groups excluding carboxylic acids is 4. The summed E-state index contributed by atoms with van der Waals surface area (Å²) in [4.78, 5) is 52.6. The van der Waals surface area contributed by atoms with Crippen LogP contribution in [0.2, 0.25) is 0 Å². The zero-order valence-corrected chi connectivity index (χ0v) is 20.4. The lowest BCUT2D eigenvalue weighted by Crippen LogP contribution is -2.55. The summed E-state index contributed by atoms with van der Waals surface area (Å²) in [5.74, 6) is -2.13. The van der Waals surface area contributed by atoms with Gasteiger partial charge in [-0.1, -0.05) is 60.7 Å². The number of rotatable bonds is 6. The van der Waals surface area contributed by atoms with Gasteiger partial charge in [-0.15, -0.1) is 0 Å². The number of nitrogens with one attached hydrogen (secondary N) is 2. The molecule has 4 amide bonds. The van der Waals surface area contributed by atoms with Gasteiger partial charge in [0.2, 0.25) is 11.8 Å². The van der Waals surface area contributed by atoms with Crippen molar-refractivity contribution in [2.75, 3.05) is 16.5 Å². The van der Waals surface area contributed by atoms with Gasteiger partial charge in [0.1, 0.15) is 12.6 Å². The Balaban J connectivity index is 1.50. The number of carbonyl (C=O) groups is 4. The molecule has 3 aromatic carbocycles. The van der Waals surface area contributed by atoms with Gasteiger partial charge in [-0.3, -0.25) is 24.6 Å². The normalized spacial score (nSPS) is 15.1. The van der Waals surface area contributed by atoms with Crippen molar-refractivity contribution in [3.63, 3.8) is 0 Å². The minimum absolute atomic E-state index is 0.241. The monoisotopic (exact) mass is 484 g/mol. The third-order valence-corrected chi connectivity index (χ3v) is 6.20. The van der Waals surface area contributed by atoms with E-state index in [2.05, 4.69) is 10.7 Å². The van der Waals surface area contributed by atoms with E-state index in [9.17, 15) is 19.2 Å². The maximum Gasteiger partial charge on any atom is 0.261 e. The van der Waals surface area contributed by atoms with Crippen LogP contribution >= 0.6 is 0 Å². The fourth-order valence-electron chi connectivity index (χ4n) is 4.27. The number of para-hydroxylation sites is 2. The van der Waals surface area contributed by atoms with Crippen molar-refractivity contribution < 1.29 is 19.2 Å². The third-order valence-electron chi connectivity index (χ3n) is 6.20. The quantitative estimate of drug-likeness (QED) is 0.560. The van der Waals surface area contributed by atoms with E-state index in [1.807, 2.05) is 42.5 Å². The van der Waals surface area contributed by atoms with E-state index in [1.54, 1.807) is 43.3 Å². The molecule has 1 unspecified atom stereocenters. The molecule has 0 aliphatic carbocycles. The van der Waals surface area contributed by atoms with Gasteiger partial charge in [-0.2, -0.15) is 0 Å². The molecule has 2 N–H and O–H groups in total. The Hall–Kier alpha value is -4.46. The van der Waals surface area contributed by atoms with E-state index in [0.717, 1.165) is 16.7 Å². The summed E-state index contributed by atoms with van der Waals surface area (Å²) in [6, 6.07) is 22.9. The Kier molecular flexibility index (Phi) is 7.15. The molecule has 0 fully saturated rings. The van der Waals surface area contributed by atoms with Crippen LogP contribution in [-0.4, -0.2) is 36.2 Å². The lowest BCUT2D eigenvalue weighted by atomic mass is 9.92. The van der Waals surface area contributed by atoms with Crippen LogP contribution < -0.4 is 20.7 Å². The molecule has 36 heavy (non-hydrogen) atoms. The average molecular weight is 485 g/mol. The van der Waals surface area contributed by atoms with E-state index >= 15 is 0 Å². The van der Waals surface area contributed by atoms with E-state index in [-0.39, 0.29) is 18.4 Å². The summed E-state index contributed by atoms with van der Waals surface area (Å²) in [6.07, 6.45) is 0. The number of anilines is 2. The van der Waals surface area contributed by atoms with Crippen LogP contribution in [0.5, 0.6) is 0 Å². The van der Waals surface area contributed by atoms with Gasteiger partial charge in [0, 0.05) is 18.2 Å². The number of fused-ring (bicyclic) bond motifs is 3. The van der Waals surface area contributed by atoms with Crippen molar-refractivity contribution in [2.45, 2.75) is 32.7 Å². The maximum absolute atomic E-state index is 13.4. The minimum atomic E-state index is -0.956. The molecule has 0 aromatic heterocycles. The summed E-state index contributed by atoms with van der Waals surface area (Å²) in [6.45, 7) is 4.46. The molecular weight excluding hydrogens is 456 g/mol. The van der Waals surface area contributed by atoms with Crippen molar-refractivity contribution in [3.05, 3.63) is 84.4 Å². The molecule has 1 heterocycles. The summed E-state index contributed by atoms with van der Waals surface area (Å²) >= 11 is 0. The van der Waals surface area contributed by atoms with Crippen molar-refractivity contribution in [1.82, 2.24) is 10.7 Å². The third kappa shape index (κ3) is 4.98. The topological polar surface area (TPSA) is 98.8 Å². The number of amides is 4. The SMILES string of the molecule is CC(=O)N(CC(=O)N[C@@H](C)C(=O)NN1C(=O)C(C)c2ccccc2-c2ccccc21)c1ccccc1. The van der Waals surface area contributed by atoms with Gasteiger partial charge in [0.25, 0.3) is 11.8 Å². The average Bonchev–Trinajstić information content (AvgIpc) is 2.97. The first-order chi connectivity index (χ1) is 17.3. The van der Waals surface area contributed by atoms with E-state index in [0.29, 0.717) is 11.4 Å². The predicted molar refractivity (Wildman–Crippen MR) is 138 cm³/mol. The molecule has 0 bridgehead atoms. The standard InChI is InChI=1S/C28H28N4O4/c1-18-22-13-7-8-14-23(22)24-15-9-10-16-25(24)32(28(18)36)30-27(35)19(2)29-26(34)17-31(20(3)33)21-11-5-4-6-12-21/h4-16,18-19H,17H2,1-3H3,(H,29,34)(H,30,35)/t18?,19-/m0/s1. The van der Waals surface area contributed by atoms with Crippen LogP contribution in [0.3, 0.4) is 0 Å². The summed E-state index contributed by atoms with van der Waals surface area (Å²) in [7, 11) is 0. The van der Waals surface area contributed by atoms with Crippen molar-refractivity contribution >= 4 is 35.0 Å². The van der Waals surface area contributed by atoms with Crippen LogP contribution in [0, 0.1) is 0 Å². The largest absolute Gasteiger partial charge is 0.343 e. The smallest absolute Gasteiger partial charge is 0.261 e. The molecule has 2 atom stereocenters. The van der Waals surface area contributed by atoms with Gasteiger partial charge in [0.05, 0.1) is 11.6 Å². The molecule has 8 heteroatoms. The van der Waals surface area contributed by atoms with Gasteiger partial charge >= 0.3 is 0 Å². The Labute approximate surface area is 209 Å². The first-order valence-electron chi connectivity index (χ1n) is 11.7. The lowest BCUT2D eigenvalue weighted by molar-refractivity contribution is -0.130. The molecule has 0 radical (unpaired) electrons. The number of hydrogen-bond acceptors (Lipinski definition) is 4. The van der Waals surface area contributed by atoms with Gasteiger partial charge in [0.15, 0.2) is 0 Å². The van der Waals surface area contributed by atoms with Crippen LogP contribution in [-0.2, 0) is 19.2 Å². The molecule has 0 saturated heterocycles. The maximum atomic E-state index is 13.4. The lowest BCUT2D eigenvalue weighted by Gasteiger charge is -2.27. The minimum Gasteiger partial charge on any atom is -0.343 e. The van der Waals surface area contributed by atoms with E-state index in [4.69, 9.17) is 0 Å². The predicted octanol–water partition coefficient (Wildman–Crippen LogP) is 3.39. The molecule has 3 aromatic rings. The first-order valence-corrected chi connectivity index (χ1v) is 11.7. The number of nitrogens with zero attached hydrogens (tertiary/aromatic N) is 2. The fraction of sp³-hybridized carbons (Fsp3) is 0.214. The molecule has 0 spiro atoms. The van der Waals surface area contributed by atoms with Crippen LogP contribution in [0.15, 0.2) is 78.9 Å². The van der Waals surface area contributed by atoms with Crippen LogP contribution in [0.1, 0.15) is 32.3 Å². The van der Waals surface area contributed by atoms with E-state index < -0.39 is 23.8 Å². The second-order valence-corrected chi connectivity index (χ2v) is 8.71. The number of hydrogen-bond donors (Lipinski definition) is 2. The summed E-state index contributed by atoms with van der Waals surface area (Å²) in [5.41, 5.74) is 6.45. The Bertz CT molecular complexity index is 1310. The second kappa shape index (κ2) is 10.4. The molecule has 4 rings (SSSR count). The van der Waals surface area contributed by atoms with E-state index in [1.165, 1.54) is 23.8 Å². The van der Waals surface area contributed by atoms with Gasteiger partial charge in [-0.05, 0) is 43.2 Å². The Morgan fingerprint density at radius 2 is 1.53 bits per heavy atom. The summed E-state index contributed by atoms with van der Waals surface area (Å²) in [5, 5.41) is 3.89. The molecule has 1 aliphatic rings. The van der Waals surface area contributed by atoms with Crippen LogP contribution in [0.4, 0.5) is 11.4 Å². The molecule has 8 nitrogen and oxygen atoms in total. The Morgan fingerprint density at radius 3 is 2.22 bits per heavy atom. The highest BCUT2D eigenvalue weighted by Gasteiger charge is 2.33. The highest BCUT2D eigenvalue weighted by atomic mass is 16.2. The molecular formula is C28H28N4O4. The van der Waals surface area contributed by atoms with Crippen molar-refractivity contribution in [2.24, 2.45) is 0 Å². The second-order valence-electron chi connectivity index (χ2n) is 8.71. The number of hydrazine groups is 1. The highest BCUT2D eigenvalue weighted by Crippen LogP contribution is 2.39. The zero-order valence-electron chi connectivity index (χ0n) is 20.4. The van der Waals surface area contributed by atoms with Crippen molar-refractivity contribution in [3.8, 4) is 11.1 Å². The van der Waals surface area contributed by atoms with Gasteiger partial charge < -0.3 is 10.2 Å².